The fourth-order valence-corrected chi connectivity index (χ4v) is 0.994. The summed E-state index contributed by atoms with van der Waals surface area (Å²) in [6, 6.07) is 0. The van der Waals surface area contributed by atoms with Crippen LogP contribution in [0.3, 0.4) is 0 Å². The van der Waals surface area contributed by atoms with Crippen LogP contribution in [0.1, 0.15) is 26.7 Å². The zero-order valence-corrected chi connectivity index (χ0v) is 7.34. The van der Waals surface area contributed by atoms with Crippen molar-refractivity contribution in [1.82, 2.24) is 4.90 Å². The quantitative estimate of drug-likeness (QED) is 0.633. The molecule has 0 aliphatic carbocycles. The van der Waals surface area contributed by atoms with E-state index in [1.165, 1.54) is 0 Å². The largest absolute Gasteiger partial charge is 0.481 e. The van der Waals surface area contributed by atoms with Crippen LogP contribution in [0.25, 0.3) is 0 Å². The first-order valence-electron chi connectivity index (χ1n) is 4.14. The molecule has 3 nitrogen and oxygen atoms in total. The van der Waals surface area contributed by atoms with Gasteiger partial charge in [-0.2, -0.15) is 0 Å². The lowest BCUT2D eigenvalue weighted by Gasteiger charge is -2.16. The van der Waals surface area contributed by atoms with Gasteiger partial charge in [-0.3, -0.25) is 4.79 Å². The van der Waals surface area contributed by atoms with Crippen molar-refractivity contribution in [3.63, 3.8) is 0 Å². The Kier molecular flexibility index (Phi) is 5.84. The number of rotatable bonds is 6. The molecule has 3 heteroatoms. The van der Waals surface area contributed by atoms with Crippen molar-refractivity contribution in [2.24, 2.45) is 0 Å². The molecule has 0 aromatic carbocycles. The zero-order valence-electron chi connectivity index (χ0n) is 7.34. The molecule has 0 aromatic rings. The summed E-state index contributed by atoms with van der Waals surface area (Å²) < 4.78 is 0. The predicted molar refractivity (Wildman–Crippen MR) is 44.7 cm³/mol. The monoisotopic (exact) mass is 159 g/mol. The van der Waals surface area contributed by atoms with Crippen LogP contribution in [0.15, 0.2) is 0 Å². The molecule has 0 aliphatic heterocycles. The Morgan fingerprint density at radius 3 is 2.27 bits per heavy atom. The van der Waals surface area contributed by atoms with Crippen molar-refractivity contribution in [3.8, 4) is 0 Å². The van der Waals surface area contributed by atoms with Gasteiger partial charge in [0.05, 0.1) is 0 Å². The van der Waals surface area contributed by atoms with E-state index in [0.29, 0.717) is 0 Å². The number of carboxylic acid groups (broad SMARTS) is 1. The van der Waals surface area contributed by atoms with Crippen molar-refractivity contribution in [1.29, 1.82) is 0 Å². The zero-order chi connectivity index (χ0) is 8.69. The maximum Gasteiger partial charge on any atom is 0.303 e. The molecule has 0 saturated heterocycles. The van der Waals surface area contributed by atoms with Crippen molar-refractivity contribution in [3.05, 3.63) is 0 Å². The number of carbonyl (C=O) groups is 1. The Balaban J connectivity index is 3.28. The van der Waals surface area contributed by atoms with E-state index in [2.05, 4.69) is 18.7 Å². The summed E-state index contributed by atoms with van der Waals surface area (Å²) in [5.74, 6) is -0.697. The van der Waals surface area contributed by atoms with E-state index in [0.717, 1.165) is 26.1 Å². The molecule has 0 atom stereocenters. The number of hydrogen-bond acceptors (Lipinski definition) is 2. The Labute approximate surface area is 68.0 Å². The van der Waals surface area contributed by atoms with E-state index in [9.17, 15) is 4.79 Å². The highest BCUT2D eigenvalue weighted by Crippen LogP contribution is 1.94. The van der Waals surface area contributed by atoms with Gasteiger partial charge < -0.3 is 10.0 Å². The smallest absolute Gasteiger partial charge is 0.303 e. The highest BCUT2D eigenvalue weighted by atomic mass is 16.4. The molecular weight excluding hydrogens is 142 g/mol. The lowest BCUT2D eigenvalue weighted by atomic mass is 10.3. The molecule has 66 valence electrons. The first kappa shape index (κ1) is 10.4. The van der Waals surface area contributed by atoms with Gasteiger partial charge in [-0.15, -0.1) is 0 Å². The van der Waals surface area contributed by atoms with Gasteiger partial charge in [0.2, 0.25) is 0 Å². The maximum atomic E-state index is 10.1. The van der Waals surface area contributed by atoms with E-state index in [1.54, 1.807) is 0 Å². The van der Waals surface area contributed by atoms with Gasteiger partial charge in [0.25, 0.3) is 0 Å². The molecule has 0 unspecified atom stereocenters. The molecule has 0 radical (unpaired) electrons. The van der Waals surface area contributed by atoms with E-state index in [1.807, 2.05) is 0 Å². The molecule has 0 saturated carbocycles. The van der Waals surface area contributed by atoms with Crippen LogP contribution >= 0.6 is 0 Å². The molecule has 0 aliphatic rings. The topological polar surface area (TPSA) is 40.5 Å². The third-order valence-corrected chi connectivity index (χ3v) is 1.76. The minimum absolute atomic E-state index is 0.288. The molecule has 0 aromatic heterocycles. The van der Waals surface area contributed by atoms with Crippen LogP contribution in [0, 0.1) is 0 Å². The van der Waals surface area contributed by atoms with E-state index >= 15 is 0 Å². The van der Waals surface area contributed by atoms with Gasteiger partial charge in [0.15, 0.2) is 0 Å². The van der Waals surface area contributed by atoms with Crippen LogP contribution < -0.4 is 0 Å². The van der Waals surface area contributed by atoms with E-state index < -0.39 is 5.97 Å². The Morgan fingerprint density at radius 2 is 1.91 bits per heavy atom. The van der Waals surface area contributed by atoms with Crippen molar-refractivity contribution >= 4 is 5.97 Å². The fraction of sp³-hybridized carbons (Fsp3) is 0.875. The molecule has 0 fully saturated rings. The van der Waals surface area contributed by atoms with E-state index in [4.69, 9.17) is 5.11 Å². The summed E-state index contributed by atoms with van der Waals surface area (Å²) in [5, 5.41) is 8.35. The maximum absolute atomic E-state index is 10.1. The first-order valence-corrected chi connectivity index (χ1v) is 4.14. The van der Waals surface area contributed by atoms with Gasteiger partial charge in [0, 0.05) is 6.42 Å². The molecule has 1 N–H and O–H groups in total. The summed E-state index contributed by atoms with van der Waals surface area (Å²) in [7, 11) is 0. The molecular formula is C8H17NO2. The van der Waals surface area contributed by atoms with Gasteiger partial charge in [-0.05, 0) is 26.1 Å². The average molecular weight is 159 g/mol. The average Bonchev–Trinajstić information content (AvgIpc) is 1.98. The second-order valence-corrected chi connectivity index (χ2v) is 2.52. The van der Waals surface area contributed by atoms with Crippen LogP contribution in [0.4, 0.5) is 0 Å². The summed E-state index contributed by atoms with van der Waals surface area (Å²) in [6.07, 6.45) is 1.05. The second kappa shape index (κ2) is 6.16. The Morgan fingerprint density at radius 1 is 1.36 bits per heavy atom. The molecule has 11 heavy (non-hydrogen) atoms. The summed E-state index contributed by atoms with van der Waals surface area (Å²) in [5.41, 5.74) is 0. The highest BCUT2D eigenvalue weighted by Gasteiger charge is 2.00. The molecule has 0 rings (SSSR count). The standard InChI is InChI=1S/C8H17NO2/c1-3-9(4-2)7-5-6-8(10)11/h3-7H2,1-2H3,(H,10,11). The van der Waals surface area contributed by atoms with Crippen LogP contribution in [-0.2, 0) is 4.79 Å². The lowest BCUT2D eigenvalue weighted by molar-refractivity contribution is -0.137. The minimum atomic E-state index is -0.697. The van der Waals surface area contributed by atoms with Crippen molar-refractivity contribution in [2.45, 2.75) is 26.7 Å². The minimum Gasteiger partial charge on any atom is -0.481 e. The lowest BCUT2D eigenvalue weighted by Crippen LogP contribution is -2.24. The SMILES string of the molecule is CCN(CC)CCCC(=O)O. The normalized spacial score (nSPS) is 10.5. The Bertz CT molecular complexity index is 111. The third kappa shape index (κ3) is 5.85. The molecule has 0 amide bonds. The fourth-order valence-electron chi connectivity index (χ4n) is 0.994. The van der Waals surface area contributed by atoms with Gasteiger partial charge in [-0.25, -0.2) is 0 Å². The second-order valence-electron chi connectivity index (χ2n) is 2.52. The predicted octanol–water partition coefficient (Wildman–Crippen LogP) is 1.19. The number of nitrogens with zero attached hydrogens (tertiary/aromatic N) is 1. The molecule has 0 spiro atoms. The molecule has 0 bridgehead atoms. The number of aliphatic carboxylic acids is 1. The number of carboxylic acids is 1. The third-order valence-electron chi connectivity index (χ3n) is 1.76. The van der Waals surface area contributed by atoms with Crippen LogP contribution in [0.5, 0.6) is 0 Å². The van der Waals surface area contributed by atoms with Crippen molar-refractivity contribution < 1.29 is 9.90 Å². The van der Waals surface area contributed by atoms with Crippen LogP contribution in [-0.4, -0.2) is 35.6 Å². The van der Waals surface area contributed by atoms with Gasteiger partial charge in [0.1, 0.15) is 0 Å². The first-order chi connectivity index (χ1) is 5.20. The molecule has 0 heterocycles. The van der Waals surface area contributed by atoms with Crippen molar-refractivity contribution in [2.75, 3.05) is 19.6 Å². The van der Waals surface area contributed by atoms with Gasteiger partial charge >= 0.3 is 5.97 Å². The highest BCUT2D eigenvalue weighted by molar-refractivity contribution is 5.66. The van der Waals surface area contributed by atoms with Gasteiger partial charge in [-0.1, -0.05) is 13.8 Å². The Hall–Kier alpha value is -0.570. The number of hydrogen-bond donors (Lipinski definition) is 1. The van der Waals surface area contributed by atoms with Crippen LogP contribution in [0.2, 0.25) is 0 Å². The summed E-state index contributed by atoms with van der Waals surface area (Å²) in [6.45, 7) is 7.10. The summed E-state index contributed by atoms with van der Waals surface area (Å²) in [4.78, 5) is 12.4. The summed E-state index contributed by atoms with van der Waals surface area (Å²) >= 11 is 0. The van der Waals surface area contributed by atoms with E-state index in [-0.39, 0.29) is 6.42 Å².